The van der Waals surface area contributed by atoms with E-state index in [1.165, 1.54) is 0 Å². The van der Waals surface area contributed by atoms with Crippen molar-refractivity contribution in [2.75, 3.05) is 32.6 Å². The van der Waals surface area contributed by atoms with E-state index in [1.807, 2.05) is 45.3 Å². The highest BCUT2D eigenvalue weighted by Crippen LogP contribution is 2.23. The van der Waals surface area contributed by atoms with Crippen molar-refractivity contribution in [2.24, 2.45) is 0 Å². The number of benzene rings is 2. The van der Waals surface area contributed by atoms with Gasteiger partial charge in [-0.1, -0.05) is 6.07 Å². The number of fused-ring (bicyclic) bond motifs is 1. The van der Waals surface area contributed by atoms with Crippen LogP contribution >= 0.6 is 11.8 Å². The second-order valence-electron chi connectivity index (χ2n) is 8.73. The second kappa shape index (κ2) is 11.3. The molecule has 4 rings (SSSR count). The Kier molecular flexibility index (Phi) is 8.70. The van der Waals surface area contributed by atoms with Gasteiger partial charge in [0.25, 0.3) is 21.6 Å². The number of hydrogen-bond donors (Lipinski definition) is 2. The normalized spacial score (nSPS) is 13.4. The van der Waals surface area contributed by atoms with E-state index in [-0.39, 0.29) is 17.5 Å². The van der Waals surface area contributed by atoms with Gasteiger partial charge in [-0.2, -0.15) is 8.42 Å². The lowest BCUT2D eigenvalue weighted by Crippen LogP contribution is -2.26. The highest BCUT2D eigenvalue weighted by Gasteiger charge is 2.24. The van der Waals surface area contributed by atoms with Gasteiger partial charge in [-0.25, -0.2) is 4.98 Å². The third kappa shape index (κ3) is 8.17. The number of aryl methyl sites for hydroxylation is 1. The van der Waals surface area contributed by atoms with Gasteiger partial charge in [-0.15, -0.1) is 11.8 Å². The van der Waals surface area contributed by atoms with E-state index < -0.39 is 10.1 Å². The van der Waals surface area contributed by atoms with Crippen molar-refractivity contribution in [2.45, 2.75) is 30.7 Å². The quantitative estimate of drug-likeness (QED) is 0.362. The zero-order valence-corrected chi connectivity index (χ0v) is 21.8. The van der Waals surface area contributed by atoms with E-state index >= 15 is 0 Å². The molecule has 0 bridgehead atoms. The van der Waals surface area contributed by atoms with Crippen LogP contribution < -0.4 is 10.9 Å². The molecular weight excluding hydrogens is 488 g/mol. The van der Waals surface area contributed by atoms with Crippen molar-refractivity contribution in [3.8, 4) is 5.69 Å². The smallest absolute Gasteiger partial charge is 0.265 e. The number of aromatic nitrogens is 2. The molecule has 0 aliphatic heterocycles. The summed E-state index contributed by atoms with van der Waals surface area (Å²) in [6.45, 7) is 2.90. The van der Waals surface area contributed by atoms with Crippen molar-refractivity contribution in [3.05, 3.63) is 64.2 Å². The Labute approximate surface area is 209 Å². The molecule has 2 N–H and O–H groups in total. The van der Waals surface area contributed by atoms with E-state index in [4.69, 9.17) is 4.55 Å². The standard InChI is InChI=1S/C23H26N4O2S.CH4O3S/c1-15-4-5-16(22(28)25-17-6-7-17)12-21(15)27-14-24-20-9-8-18(13-19(20)23(27)29)30-11-10-26(2)3;1-5(2,3)4/h4-5,8-9,12-14,17H,6-7,10-11H2,1-3H3,(H,25,28);1H3,(H,2,3,4). The van der Waals surface area contributed by atoms with Gasteiger partial charge in [0, 0.05) is 28.8 Å². The number of carbonyl (C=O) groups is 1. The number of amides is 1. The van der Waals surface area contributed by atoms with Crippen molar-refractivity contribution in [3.63, 3.8) is 0 Å². The zero-order chi connectivity index (χ0) is 25.8. The van der Waals surface area contributed by atoms with Crippen LogP contribution in [0.25, 0.3) is 16.6 Å². The molecule has 1 saturated carbocycles. The first-order chi connectivity index (χ1) is 16.4. The fourth-order valence-corrected chi connectivity index (χ4v) is 4.27. The maximum Gasteiger partial charge on any atom is 0.265 e. The molecule has 188 valence electrons. The molecule has 1 amide bonds. The van der Waals surface area contributed by atoms with Crippen LogP contribution in [0.3, 0.4) is 0 Å². The lowest BCUT2D eigenvalue weighted by molar-refractivity contribution is 0.0951. The zero-order valence-electron chi connectivity index (χ0n) is 20.2. The van der Waals surface area contributed by atoms with Gasteiger partial charge in [0.15, 0.2) is 0 Å². The average molecular weight is 519 g/mol. The predicted octanol–water partition coefficient (Wildman–Crippen LogP) is 2.74. The number of rotatable bonds is 7. The van der Waals surface area contributed by atoms with Crippen molar-refractivity contribution in [1.29, 1.82) is 0 Å². The summed E-state index contributed by atoms with van der Waals surface area (Å²) in [5.41, 5.74) is 2.70. The number of carbonyl (C=O) groups excluding carboxylic acids is 1. The van der Waals surface area contributed by atoms with Crippen molar-refractivity contribution < 1.29 is 17.8 Å². The molecule has 9 nitrogen and oxygen atoms in total. The number of nitrogens with zero attached hydrogens (tertiary/aromatic N) is 3. The lowest BCUT2D eigenvalue weighted by atomic mass is 10.1. The summed E-state index contributed by atoms with van der Waals surface area (Å²) in [6.07, 6.45) is 4.34. The van der Waals surface area contributed by atoms with Crippen LogP contribution in [0.2, 0.25) is 0 Å². The molecule has 0 radical (unpaired) electrons. The molecule has 1 aromatic heterocycles. The predicted molar refractivity (Wildman–Crippen MR) is 139 cm³/mol. The fourth-order valence-electron chi connectivity index (χ4n) is 3.22. The van der Waals surface area contributed by atoms with Gasteiger partial charge in [-0.05, 0) is 69.8 Å². The number of hydrogen-bond acceptors (Lipinski definition) is 7. The van der Waals surface area contributed by atoms with Crippen molar-refractivity contribution in [1.82, 2.24) is 19.8 Å². The van der Waals surface area contributed by atoms with Crippen molar-refractivity contribution >= 4 is 38.7 Å². The largest absolute Gasteiger partial charge is 0.349 e. The SMILES string of the molecule is CS(=O)(=O)O.Cc1ccc(C(=O)NC2CC2)cc1-n1cnc2ccc(SCCN(C)C)cc2c1=O. The Morgan fingerprint density at radius 2 is 1.91 bits per heavy atom. The van der Waals surface area contributed by atoms with E-state index in [9.17, 15) is 18.0 Å². The number of thioether (sulfide) groups is 1. The van der Waals surface area contributed by atoms with Gasteiger partial charge in [-0.3, -0.25) is 18.7 Å². The van der Waals surface area contributed by atoms with Gasteiger partial charge in [0.05, 0.1) is 22.8 Å². The summed E-state index contributed by atoms with van der Waals surface area (Å²) < 4.78 is 27.4. The molecular formula is C24H30N4O5S2. The minimum Gasteiger partial charge on any atom is -0.349 e. The third-order valence-electron chi connectivity index (χ3n) is 5.18. The molecule has 1 heterocycles. The summed E-state index contributed by atoms with van der Waals surface area (Å²) in [5, 5.41) is 3.58. The Hall–Kier alpha value is -2.73. The summed E-state index contributed by atoms with van der Waals surface area (Å²) in [5.74, 6) is 0.852. The van der Waals surface area contributed by atoms with Crippen LogP contribution in [0.1, 0.15) is 28.8 Å². The second-order valence-corrected chi connectivity index (χ2v) is 11.4. The monoisotopic (exact) mass is 518 g/mol. The molecule has 0 saturated heterocycles. The van der Waals surface area contributed by atoms with E-state index in [0.717, 1.165) is 35.6 Å². The average Bonchev–Trinajstić information content (AvgIpc) is 3.57. The van der Waals surface area contributed by atoms with E-state index in [0.29, 0.717) is 28.4 Å². The molecule has 2 aromatic carbocycles. The van der Waals surface area contributed by atoms with Crippen LogP contribution in [-0.2, 0) is 10.1 Å². The topological polar surface area (TPSA) is 122 Å². The number of nitrogens with one attached hydrogen (secondary N) is 1. The highest BCUT2D eigenvalue weighted by molar-refractivity contribution is 7.99. The van der Waals surface area contributed by atoms with Crippen LogP contribution in [-0.4, -0.2) is 72.0 Å². The molecule has 11 heteroatoms. The molecule has 0 atom stereocenters. The maximum absolute atomic E-state index is 13.3. The van der Waals surface area contributed by atoms with Gasteiger partial charge in [0.1, 0.15) is 6.33 Å². The summed E-state index contributed by atoms with van der Waals surface area (Å²) in [4.78, 5) is 33.4. The summed E-state index contributed by atoms with van der Waals surface area (Å²) >= 11 is 1.72. The molecule has 1 fully saturated rings. The van der Waals surface area contributed by atoms with E-state index in [1.54, 1.807) is 34.8 Å². The first-order valence-electron chi connectivity index (χ1n) is 11.1. The Morgan fingerprint density at radius 1 is 1.23 bits per heavy atom. The van der Waals surface area contributed by atoms with Crippen LogP contribution in [0.4, 0.5) is 0 Å². The summed E-state index contributed by atoms with van der Waals surface area (Å²) in [6, 6.07) is 11.6. The first kappa shape index (κ1) is 26.9. The minimum absolute atomic E-state index is 0.0971. The van der Waals surface area contributed by atoms with Gasteiger partial charge in [0.2, 0.25) is 0 Å². The maximum atomic E-state index is 13.3. The molecule has 0 spiro atoms. The first-order valence-corrected chi connectivity index (χ1v) is 13.9. The molecule has 1 aliphatic carbocycles. The molecule has 35 heavy (non-hydrogen) atoms. The third-order valence-corrected chi connectivity index (χ3v) is 6.15. The fraction of sp³-hybridized carbons (Fsp3) is 0.375. The Morgan fingerprint density at radius 3 is 2.54 bits per heavy atom. The Balaban J connectivity index is 0.000000623. The Bertz CT molecular complexity index is 1370. The van der Waals surface area contributed by atoms with Gasteiger partial charge >= 0.3 is 0 Å². The molecule has 3 aromatic rings. The lowest BCUT2D eigenvalue weighted by Gasteiger charge is -2.13. The van der Waals surface area contributed by atoms with E-state index in [2.05, 4.69) is 15.2 Å². The summed E-state index contributed by atoms with van der Waals surface area (Å²) in [7, 11) is 0.426. The molecule has 1 aliphatic rings. The van der Waals surface area contributed by atoms with Crippen LogP contribution in [0.15, 0.2) is 52.4 Å². The molecule has 0 unspecified atom stereocenters. The van der Waals surface area contributed by atoms with Gasteiger partial charge < -0.3 is 10.2 Å². The van der Waals surface area contributed by atoms with Crippen LogP contribution in [0, 0.1) is 6.92 Å². The highest BCUT2D eigenvalue weighted by atomic mass is 32.2. The minimum atomic E-state index is -3.67. The van der Waals surface area contributed by atoms with Crippen LogP contribution in [0.5, 0.6) is 0 Å².